The molecule has 0 aliphatic rings. The molecule has 0 atom stereocenters. The Morgan fingerprint density at radius 2 is 1.95 bits per heavy atom. The van der Waals surface area contributed by atoms with Crippen LogP contribution in [0.25, 0.3) is 22.2 Å². The minimum Gasteiger partial charge on any atom is -0.369 e. The molecular weight excluding hydrogens is 266 g/mol. The van der Waals surface area contributed by atoms with Gasteiger partial charge in [0.05, 0.1) is 12.1 Å². The number of H-pyrrole nitrogens is 1. The van der Waals surface area contributed by atoms with Crippen molar-refractivity contribution < 1.29 is 9.59 Å². The number of nitrogens with zero attached hydrogens (tertiary/aromatic N) is 1. The van der Waals surface area contributed by atoms with Gasteiger partial charge in [-0.2, -0.15) is 0 Å². The van der Waals surface area contributed by atoms with E-state index in [1.807, 2.05) is 30.3 Å². The average molecular weight is 279 g/mol. The van der Waals surface area contributed by atoms with Gasteiger partial charge in [0.25, 0.3) is 0 Å². The summed E-state index contributed by atoms with van der Waals surface area (Å²) in [5.41, 5.74) is 9.18. The zero-order valence-electron chi connectivity index (χ0n) is 11.2. The van der Waals surface area contributed by atoms with Crippen molar-refractivity contribution in [1.82, 2.24) is 9.97 Å². The molecule has 0 spiro atoms. The van der Waals surface area contributed by atoms with Gasteiger partial charge >= 0.3 is 0 Å². The lowest BCUT2D eigenvalue weighted by Gasteiger charge is -2.03. The number of rotatable bonds is 4. The van der Waals surface area contributed by atoms with Crippen LogP contribution in [0.15, 0.2) is 42.6 Å². The second-order valence-corrected chi connectivity index (χ2v) is 4.84. The Morgan fingerprint density at radius 3 is 2.62 bits per heavy atom. The number of pyridine rings is 1. The van der Waals surface area contributed by atoms with E-state index in [0.29, 0.717) is 11.3 Å². The highest BCUT2D eigenvalue weighted by Crippen LogP contribution is 2.23. The molecule has 0 fully saturated rings. The van der Waals surface area contributed by atoms with Crippen LogP contribution in [0, 0.1) is 0 Å². The van der Waals surface area contributed by atoms with E-state index in [4.69, 9.17) is 5.73 Å². The lowest BCUT2D eigenvalue weighted by molar-refractivity contribution is -0.117. The zero-order chi connectivity index (χ0) is 14.8. The van der Waals surface area contributed by atoms with Gasteiger partial charge in [-0.15, -0.1) is 0 Å². The number of aldehydes is 1. The summed E-state index contributed by atoms with van der Waals surface area (Å²) in [5.74, 6) is -0.348. The molecule has 3 aromatic rings. The zero-order valence-corrected chi connectivity index (χ0v) is 11.2. The number of carbonyl (C=O) groups is 2. The lowest BCUT2D eigenvalue weighted by atomic mass is 10.0. The number of fused-ring (bicyclic) bond motifs is 1. The van der Waals surface area contributed by atoms with Crippen LogP contribution in [0.4, 0.5) is 0 Å². The van der Waals surface area contributed by atoms with Gasteiger partial charge in [0.1, 0.15) is 5.65 Å². The summed E-state index contributed by atoms with van der Waals surface area (Å²) in [4.78, 5) is 28.9. The fourth-order valence-electron chi connectivity index (χ4n) is 2.27. The highest BCUT2D eigenvalue weighted by molar-refractivity contribution is 5.88. The predicted molar refractivity (Wildman–Crippen MR) is 79.8 cm³/mol. The van der Waals surface area contributed by atoms with Gasteiger partial charge in [-0.05, 0) is 23.3 Å². The number of hydrogen-bond donors (Lipinski definition) is 2. The van der Waals surface area contributed by atoms with Gasteiger partial charge in [0.15, 0.2) is 6.29 Å². The minimum absolute atomic E-state index is 0.234. The molecule has 0 bridgehead atoms. The highest BCUT2D eigenvalue weighted by Gasteiger charge is 2.05. The second kappa shape index (κ2) is 5.20. The quantitative estimate of drug-likeness (QED) is 0.716. The summed E-state index contributed by atoms with van der Waals surface area (Å²) in [5, 5.41) is 0.885. The normalized spacial score (nSPS) is 10.7. The predicted octanol–water partition coefficient (Wildman–Crippen LogP) is 2.07. The summed E-state index contributed by atoms with van der Waals surface area (Å²) in [6, 6.07) is 11.3. The third-order valence-corrected chi connectivity index (χ3v) is 3.28. The van der Waals surface area contributed by atoms with E-state index >= 15 is 0 Å². The molecule has 0 saturated heterocycles. The first-order chi connectivity index (χ1) is 10.2. The molecular formula is C16H13N3O2. The first-order valence-corrected chi connectivity index (χ1v) is 6.47. The smallest absolute Gasteiger partial charge is 0.221 e. The number of benzene rings is 1. The maximum Gasteiger partial charge on any atom is 0.221 e. The van der Waals surface area contributed by atoms with Crippen molar-refractivity contribution in [3.63, 3.8) is 0 Å². The van der Waals surface area contributed by atoms with Crippen molar-refractivity contribution in [3.05, 3.63) is 53.9 Å². The molecule has 3 rings (SSSR count). The van der Waals surface area contributed by atoms with Gasteiger partial charge < -0.3 is 10.7 Å². The molecule has 2 aromatic heterocycles. The summed E-state index contributed by atoms with van der Waals surface area (Å²) in [7, 11) is 0. The van der Waals surface area contributed by atoms with Crippen LogP contribution in [0.3, 0.4) is 0 Å². The Labute approximate surface area is 120 Å². The van der Waals surface area contributed by atoms with Crippen molar-refractivity contribution in [1.29, 1.82) is 0 Å². The van der Waals surface area contributed by atoms with Crippen LogP contribution in [0.5, 0.6) is 0 Å². The van der Waals surface area contributed by atoms with Gasteiger partial charge in [0.2, 0.25) is 5.91 Å². The van der Waals surface area contributed by atoms with Crippen molar-refractivity contribution >= 4 is 23.2 Å². The van der Waals surface area contributed by atoms with Crippen molar-refractivity contribution in [3.8, 4) is 11.1 Å². The number of carbonyl (C=O) groups excluding carboxylic acids is 2. The monoisotopic (exact) mass is 279 g/mol. The number of amides is 1. The maximum absolute atomic E-state index is 10.9. The Bertz CT molecular complexity index is 819. The summed E-state index contributed by atoms with van der Waals surface area (Å²) < 4.78 is 0. The van der Waals surface area contributed by atoms with Gasteiger partial charge in [-0.3, -0.25) is 9.59 Å². The molecule has 0 aliphatic carbocycles. The second-order valence-electron chi connectivity index (χ2n) is 4.84. The summed E-state index contributed by atoms with van der Waals surface area (Å²) >= 11 is 0. The molecule has 2 heterocycles. The van der Waals surface area contributed by atoms with Crippen molar-refractivity contribution in [2.45, 2.75) is 6.42 Å². The molecule has 5 heteroatoms. The minimum atomic E-state index is -0.348. The Balaban J connectivity index is 1.95. The highest BCUT2D eigenvalue weighted by atomic mass is 16.1. The van der Waals surface area contributed by atoms with Crippen LogP contribution in [-0.2, 0) is 11.2 Å². The lowest BCUT2D eigenvalue weighted by Crippen LogP contribution is -2.13. The fourth-order valence-corrected chi connectivity index (χ4v) is 2.27. The van der Waals surface area contributed by atoms with Crippen LogP contribution in [0.2, 0.25) is 0 Å². The average Bonchev–Trinajstić information content (AvgIpc) is 2.89. The molecule has 0 aliphatic heterocycles. The van der Waals surface area contributed by atoms with Crippen LogP contribution >= 0.6 is 0 Å². The van der Waals surface area contributed by atoms with E-state index in [1.54, 1.807) is 12.3 Å². The van der Waals surface area contributed by atoms with Crippen molar-refractivity contribution in [2.75, 3.05) is 0 Å². The molecule has 3 N–H and O–H groups in total. The van der Waals surface area contributed by atoms with E-state index in [0.717, 1.165) is 28.4 Å². The van der Waals surface area contributed by atoms with Gasteiger partial charge in [0, 0.05) is 17.1 Å². The van der Waals surface area contributed by atoms with E-state index in [9.17, 15) is 9.59 Å². The maximum atomic E-state index is 10.9. The third kappa shape index (κ3) is 2.67. The van der Waals surface area contributed by atoms with Gasteiger partial charge in [-0.25, -0.2) is 4.98 Å². The SMILES string of the molecule is NC(=O)Cc1ccc(-c2cnc3[nH]c(C=O)cc3c2)cc1. The molecule has 21 heavy (non-hydrogen) atoms. The van der Waals surface area contributed by atoms with Crippen LogP contribution < -0.4 is 5.73 Å². The molecule has 104 valence electrons. The van der Waals surface area contributed by atoms with E-state index in [2.05, 4.69) is 9.97 Å². The number of aromatic nitrogens is 2. The molecule has 5 nitrogen and oxygen atoms in total. The third-order valence-electron chi connectivity index (χ3n) is 3.28. The molecule has 0 unspecified atom stereocenters. The molecule has 1 aromatic carbocycles. The van der Waals surface area contributed by atoms with Gasteiger partial charge in [-0.1, -0.05) is 24.3 Å². The largest absolute Gasteiger partial charge is 0.369 e. The molecule has 0 saturated carbocycles. The number of hydrogen-bond acceptors (Lipinski definition) is 3. The van der Waals surface area contributed by atoms with Crippen LogP contribution in [0.1, 0.15) is 16.1 Å². The van der Waals surface area contributed by atoms with E-state index < -0.39 is 0 Å². The number of aromatic amines is 1. The number of nitrogens with one attached hydrogen (secondary N) is 1. The standard InChI is InChI=1S/C16H13N3O2/c17-15(21)5-10-1-3-11(4-2-10)13-6-12-7-14(9-20)19-16(12)18-8-13/h1-4,6-9H,5H2,(H2,17,21)(H,18,19). The first kappa shape index (κ1) is 13.1. The number of nitrogens with two attached hydrogens (primary N) is 1. The fraction of sp³-hybridized carbons (Fsp3) is 0.0625. The Morgan fingerprint density at radius 1 is 1.19 bits per heavy atom. The number of primary amides is 1. The van der Waals surface area contributed by atoms with Crippen LogP contribution in [-0.4, -0.2) is 22.2 Å². The van der Waals surface area contributed by atoms with E-state index in [1.165, 1.54) is 0 Å². The summed E-state index contributed by atoms with van der Waals surface area (Å²) in [6.45, 7) is 0. The van der Waals surface area contributed by atoms with E-state index in [-0.39, 0.29) is 12.3 Å². The Hall–Kier alpha value is -2.95. The molecule has 0 radical (unpaired) electrons. The first-order valence-electron chi connectivity index (χ1n) is 6.47. The topological polar surface area (TPSA) is 88.8 Å². The Kier molecular flexibility index (Phi) is 3.23. The van der Waals surface area contributed by atoms with Crippen molar-refractivity contribution in [2.24, 2.45) is 5.73 Å². The summed E-state index contributed by atoms with van der Waals surface area (Å²) in [6.07, 6.45) is 2.74. The molecule has 1 amide bonds.